The number of esters is 1. The van der Waals surface area contributed by atoms with Crippen LogP contribution in [-0.4, -0.2) is 31.1 Å². The smallest absolute Gasteiger partial charge is 0.356 e. The van der Waals surface area contributed by atoms with Gasteiger partial charge in [0.25, 0.3) is 0 Å². The molecule has 1 aromatic carbocycles. The van der Waals surface area contributed by atoms with Crippen molar-refractivity contribution in [2.45, 2.75) is 32.6 Å². The lowest BCUT2D eigenvalue weighted by Gasteiger charge is -2.23. The van der Waals surface area contributed by atoms with Crippen LogP contribution in [0.15, 0.2) is 30.5 Å². The first-order valence-electron chi connectivity index (χ1n) is 8.36. The Bertz CT molecular complexity index is 860. The number of anilines is 1. The number of hydrogen-bond acceptors (Lipinski definition) is 5. The van der Waals surface area contributed by atoms with Crippen LogP contribution in [0.25, 0.3) is 0 Å². The van der Waals surface area contributed by atoms with E-state index in [1.54, 1.807) is 19.2 Å². The van der Waals surface area contributed by atoms with Gasteiger partial charge < -0.3 is 14.8 Å². The van der Waals surface area contributed by atoms with E-state index in [9.17, 15) is 9.59 Å². The lowest BCUT2D eigenvalue weighted by atomic mass is 9.85. The van der Waals surface area contributed by atoms with Gasteiger partial charge in [0.05, 0.1) is 20.6 Å². The molecule has 7 heteroatoms. The first kappa shape index (κ1) is 20.7. The Morgan fingerprint density at radius 3 is 2.48 bits per heavy atom. The number of carbonyl (C=O) groups is 2. The number of ether oxygens (including phenoxy) is 2. The van der Waals surface area contributed by atoms with Gasteiger partial charge in [0, 0.05) is 22.5 Å². The van der Waals surface area contributed by atoms with Crippen molar-refractivity contribution >= 4 is 29.2 Å². The molecular weight excluding hydrogens is 368 g/mol. The Morgan fingerprint density at radius 2 is 1.89 bits per heavy atom. The van der Waals surface area contributed by atoms with Crippen molar-refractivity contribution in [2.24, 2.45) is 0 Å². The third kappa shape index (κ3) is 5.20. The maximum absolute atomic E-state index is 12.4. The topological polar surface area (TPSA) is 77.5 Å². The van der Waals surface area contributed by atoms with Crippen molar-refractivity contribution < 1.29 is 19.1 Å². The normalized spacial score (nSPS) is 11.0. The summed E-state index contributed by atoms with van der Waals surface area (Å²) in [5.74, 6) is -0.160. The number of halogens is 1. The van der Waals surface area contributed by atoms with Crippen molar-refractivity contribution in [3.05, 3.63) is 52.3 Å². The second-order valence-electron chi connectivity index (χ2n) is 7.04. The van der Waals surface area contributed by atoms with Crippen LogP contribution in [-0.2, 0) is 21.4 Å². The zero-order valence-corrected chi connectivity index (χ0v) is 16.8. The molecule has 1 aromatic heterocycles. The van der Waals surface area contributed by atoms with Gasteiger partial charge >= 0.3 is 5.97 Å². The third-order valence-electron chi connectivity index (χ3n) is 3.97. The number of pyridine rings is 1. The van der Waals surface area contributed by atoms with Crippen LogP contribution in [0.5, 0.6) is 5.75 Å². The number of hydrogen-bond donors (Lipinski definition) is 1. The summed E-state index contributed by atoms with van der Waals surface area (Å²) in [5.41, 5.74) is 2.04. The summed E-state index contributed by atoms with van der Waals surface area (Å²) in [7, 11) is 2.86. The van der Waals surface area contributed by atoms with Crippen LogP contribution >= 0.6 is 11.6 Å². The molecule has 0 fully saturated rings. The summed E-state index contributed by atoms with van der Waals surface area (Å²) >= 11 is 6.39. The Labute approximate surface area is 163 Å². The molecule has 0 atom stereocenters. The Balaban J connectivity index is 2.20. The maximum atomic E-state index is 12.4. The SMILES string of the molecule is COC(=O)c1cc(NC(=O)Cc2cc(OC)c(C(C)(C)C)cc2Cl)ccn1. The zero-order chi connectivity index (χ0) is 20.2. The quantitative estimate of drug-likeness (QED) is 0.780. The molecule has 0 unspecified atom stereocenters. The fraction of sp³-hybridized carbons (Fsp3) is 0.350. The fourth-order valence-corrected chi connectivity index (χ4v) is 2.82. The van der Waals surface area contributed by atoms with Crippen molar-refractivity contribution in [2.75, 3.05) is 19.5 Å². The number of nitrogens with one attached hydrogen (secondary N) is 1. The number of aromatic nitrogens is 1. The minimum atomic E-state index is -0.573. The second-order valence-corrected chi connectivity index (χ2v) is 7.45. The molecule has 0 aliphatic heterocycles. The predicted octanol–water partition coefficient (Wildman–Crippen LogP) is 4.01. The van der Waals surface area contributed by atoms with Crippen LogP contribution in [0.1, 0.15) is 42.4 Å². The van der Waals surface area contributed by atoms with Crippen LogP contribution in [0.4, 0.5) is 5.69 Å². The molecule has 144 valence electrons. The molecule has 0 aliphatic rings. The molecule has 2 rings (SSSR count). The zero-order valence-electron chi connectivity index (χ0n) is 16.1. The van der Waals surface area contributed by atoms with Gasteiger partial charge in [-0.1, -0.05) is 32.4 Å². The minimum absolute atomic E-state index is 0.0650. The van der Waals surface area contributed by atoms with E-state index in [0.29, 0.717) is 22.0 Å². The van der Waals surface area contributed by atoms with E-state index in [2.05, 4.69) is 35.8 Å². The highest BCUT2D eigenvalue weighted by Crippen LogP contribution is 2.35. The summed E-state index contributed by atoms with van der Waals surface area (Å²) in [6.07, 6.45) is 1.49. The Kier molecular flexibility index (Phi) is 6.44. The number of benzene rings is 1. The second kappa shape index (κ2) is 8.39. The average molecular weight is 391 g/mol. The number of amides is 1. The first-order chi connectivity index (χ1) is 12.7. The number of carbonyl (C=O) groups excluding carboxylic acids is 2. The molecule has 0 aliphatic carbocycles. The lowest BCUT2D eigenvalue weighted by Crippen LogP contribution is -2.17. The Hall–Kier alpha value is -2.60. The van der Waals surface area contributed by atoms with Gasteiger partial charge in [-0.25, -0.2) is 9.78 Å². The maximum Gasteiger partial charge on any atom is 0.356 e. The van der Waals surface area contributed by atoms with Gasteiger partial charge in [0.2, 0.25) is 5.91 Å². The van der Waals surface area contributed by atoms with Gasteiger partial charge in [-0.15, -0.1) is 0 Å². The van der Waals surface area contributed by atoms with E-state index in [1.807, 2.05) is 6.07 Å². The van der Waals surface area contributed by atoms with Crippen LogP contribution in [0, 0.1) is 0 Å². The molecule has 0 saturated carbocycles. The molecule has 0 radical (unpaired) electrons. The average Bonchev–Trinajstić information content (AvgIpc) is 2.61. The molecule has 0 bridgehead atoms. The fourth-order valence-electron chi connectivity index (χ4n) is 2.59. The molecule has 1 N–H and O–H groups in total. The van der Waals surface area contributed by atoms with Gasteiger partial charge in [-0.05, 0) is 35.2 Å². The molecule has 6 nitrogen and oxygen atoms in total. The molecule has 0 spiro atoms. The Morgan fingerprint density at radius 1 is 1.19 bits per heavy atom. The summed E-state index contributed by atoms with van der Waals surface area (Å²) in [5, 5.41) is 3.23. The molecule has 2 aromatic rings. The van der Waals surface area contributed by atoms with E-state index in [0.717, 1.165) is 5.56 Å². The molecular formula is C20H23ClN2O4. The predicted molar refractivity (Wildman–Crippen MR) is 105 cm³/mol. The van der Waals surface area contributed by atoms with Gasteiger partial charge in [-0.3, -0.25) is 4.79 Å². The highest BCUT2D eigenvalue weighted by atomic mass is 35.5. The van der Waals surface area contributed by atoms with Crippen molar-refractivity contribution in [3.63, 3.8) is 0 Å². The standard InChI is InChI=1S/C20H23ClN2O4/c1-20(2,3)14-11-15(21)12(8-17(14)26-4)9-18(24)23-13-6-7-22-16(10-13)19(25)27-5/h6-8,10-11H,9H2,1-5H3,(H,22,23,24). The van der Waals surface area contributed by atoms with E-state index in [1.165, 1.54) is 19.4 Å². The van der Waals surface area contributed by atoms with E-state index in [-0.39, 0.29) is 23.4 Å². The third-order valence-corrected chi connectivity index (χ3v) is 4.32. The van der Waals surface area contributed by atoms with Crippen LogP contribution in [0.3, 0.4) is 0 Å². The van der Waals surface area contributed by atoms with Gasteiger partial charge in [0.1, 0.15) is 11.4 Å². The molecule has 0 saturated heterocycles. The van der Waals surface area contributed by atoms with Crippen molar-refractivity contribution in [3.8, 4) is 5.75 Å². The van der Waals surface area contributed by atoms with Gasteiger partial charge in [-0.2, -0.15) is 0 Å². The number of nitrogens with zero attached hydrogens (tertiary/aromatic N) is 1. The van der Waals surface area contributed by atoms with E-state index < -0.39 is 5.97 Å². The van der Waals surface area contributed by atoms with Crippen LogP contribution in [0.2, 0.25) is 5.02 Å². The first-order valence-corrected chi connectivity index (χ1v) is 8.74. The van der Waals surface area contributed by atoms with E-state index >= 15 is 0 Å². The monoisotopic (exact) mass is 390 g/mol. The number of methoxy groups -OCH3 is 2. The van der Waals surface area contributed by atoms with Crippen molar-refractivity contribution in [1.82, 2.24) is 4.98 Å². The largest absolute Gasteiger partial charge is 0.496 e. The number of rotatable bonds is 5. The van der Waals surface area contributed by atoms with E-state index in [4.69, 9.17) is 16.3 Å². The highest BCUT2D eigenvalue weighted by molar-refractivity contribution is 6.31. The summed E-state index contributed by atoms with van der Waals surface area (Å²) in [6, 6.07) is 6.67. The summed E-state index contributed by atoms with van der Waals surface area (Å²) < 4.78 is 10.1. The van der Waals surface area contributed by atoms with Crippen LogP contribution < -0.4 is 10.1 Å². The van der Waals surface area contributed by atoms with Crippen molar-refractivity contribution in [1.29, 1.82) is 0 Å². The molecule has 1 amide bonds. The minimum Gasteiger partial charge on any atom is -0.496 e. The lowest BCUT2D eigenvalue weighted by molar-refractivity contribution is -0.115. The van der Waals surface area contributed by atoms with Gasteiger partial charge in [0.15, 0.2) is 0 Å². The molecule has 1 heterocycles. The summed E-state index contributed by atoms with van der Waals surface area (Å²) in [4.78, 5) is 27.9. The summed E-state index contributed by atoms with van der Waals surface area (Å²) in [6.45, 7) is 6.20. The highest BCUT2D eigenvalue weighted by Gasteiger charge is 2.21. The molecule has 27 heavy (non-hydrogen) atoms.